The minimum Gasteiger partial charge on any atom is -0.462 e. The fourth-order valence-corrected chi connectivity index (χ4v) is 2.75. The van der Waals surface area contributed by atoms with E-state index in [1.165, 1.54) is 4.68 Å². The number of carbonyl (C=O) groups excluding carboxylic acids is 3. The van der Waals surface area contributed by atoms with Gasteiger partial charge >= 0.3 is 12.0 Å². The van der Waals surface area contributed by atoms with Crippen LogP contribution in [0.4, 0.5) is 4.79 Å². The van der Waals surface area contributed by atoms with Crippen molar-refractivity contribution in [2.24, 2.45) is 5.73 Å². The number of hydrogen-bond donors (Lipinski definition) is 2. The zero-order valence-corrected chi connectivity index (χ0v) is 14.5. The van der Waals surface area contributed by atoms with E-state index in [9.17, 15) is 14.4 Å². The van der Waals surface area contributed by atoms with Gasteiger partial charge in [-0.05, 0) is 26.3 Å². The average molecular weight is 343 g/mol. The van der Waals surface area contributed by atoms with Gasteiger partial charge in [0.25, 0.3) is 0 Å². The maximum Gasteiger partial charge on any atom is 0.340 e. The van der Waals surface area contributed by atoms with E-state index in [1.54, 1.807) is 45.0 Å². The number of aromatic nitrogens is 1. The molecule has 0 saturated heterocycles. The Balaban J connectivity index is 2.47. The van der Waals surface area contributed by atoms with Crippen LogP contribution < -0.4 is 11.2 Å². The predicted octanol–water partition coefficient (Wildman–Crippen LogP) is 2.33. The van der Waals surface area contributed by atoms with Crippen molar-refractivity contribution in [1.82, 2.24) is 4.68 Å². The number of hydrogen-bond acceptors (Lipinski definition) is 4. The number of Topliss-reactive ketones (excluding diaryl/α,β-unsaturated/α-hetero) is 1. The minimum atomic E-state index is -0.790. The third-order valence-corrected chi connectivity index (χ3v) is 3.90. The first-order chi connectivity index (χ1) is 11.9. The van der Waals surface area contributed by atoms with Crippen LogP contribution in [0.2, 0.25) is 0 Å². The number of ether oxygens (including phenoxy) is 1. The molecule has 0 bridgehead atoms. The third kappa shape index (κ3) is 3.88. The number of nitrogens with zero attached hydrogens (tertiary/aromatic N) is 1. The Morgan fingerprint density at radius 3 is 2.36 bits per heavy atom. The molecule has 2 amide bonds. The van der Waals surface area contributed by atoms with Gasteiger partial charge in [-0.15, -0.1) is 0 Å². The molecule has 0 unspecified atom stereocenters. The summed E-state index contributed by atoms with van der Waals surface area (Å²) in [6, 6.07) is 8.01. The zero-order valence-electron chi connectivity index (χ0n) is 14.5. The fourth-order valence-electron chi connectivity index (χ4n) is 2.75. The van der Waals surface area contributed by atoms with Crippen LogP contribution >= 0.6 is 0 Å². The second kappa shape index (κ2) is 7.65. The molecule has 132 valence electrons. The third-order valence-electron chi connectivity index (χ3n) is 3.90. The van der Waals surface area contributed by atoms with Crippen molar-refractivity contribution in [3.63, 3.8) is 0 Å². The van der Waals surface area contributed by atoms with Crippen molar-refractivity contribution >= 4 is 17.8 Å². The Kier molecular flexibility index (Phi) is 5.59. The Labute approximate surface area is 145 Å². The van der Waals surface area contributed by atoms with Gasteiger partial charge in [0.2, 0.25) is 0 Å². The number of urea groups is 1. The molecule has 0 saturated carbocycles. The molecular weight excluding hydrogens is 322 g/mol. The number of amides is 2. The molecule has 0 aliphatic heterocycles. The number of primary amides is 1. The highest BCUT2D eigenvalue weighted by atomic mass is 16.5. The first kappa shape index (κ1) is 18.3. The van der Waals surface area contributed by atoms with E-state index in [0.717, 1.165) is 0 Å². The van der Waals surface area contributed by atoms with Crippen molar-refractivity contribution in [2.45, 2.75) is 27.2 Å². The maximum atomic E-state index is 12.5. The summed E-state index contributed by atoms with van der Waals surface area (Å²) in [4.78, 5) is 36.1. The molecule has 2 rings (SSSR count). The van der Waals surface area contributed by atoms with Crippen molar-refractivity contribution in [2.75, 3.05) is 12.0 Å². The predicted molar refractivity (Wildman–Crippen MR) is 93.3 cm³/mol. The Hall–Kier alpha value is -3.09. The second-order valence-corrected chi connectivity index (χ2v) is 5.53. The molecule has 0 radical (unpaired) electrons. The summed E-state index contributed by atoms with van der Waals surface area (Å²) < 4.78 is 6.45. The summed E-state index contributed by atoms with van der Waals surface area (Å²) in [5.41, 5.74) is 10.1. The molecule has 0 fully saturated rings. The molecule has 0 spiro atoms. The molecule has 1 heterocycles. The van der Waals surface area contributed by atoms with Crippen LogP contribution in [0.1, 0.15) is 44.6 Å². The van der Waals surface area contributed by atoms with Gasteiger partial charge < -0.3 is 10.5 Å². The lowest BCUT2D eigenvalue weighted by atomic mass is 10.0. The van der Waals surface area contributed by atoms with Crippen molar-refractivity contribution in [3.8, 4) is 0 Å². The fraction of sp³-hybridized carbons (Fsp3) is 0.278. The molecule has 7 nitrogen and oxygen atoms in total. The molecule has 1 aromatic heterocycles. The first-order valence-electron chi connectivity index (χ1n) is 7.89. The minimum absolute atomic E-state index is 0.0103. The van der Waals surface area contributed by atoms with Crippen LogP contribution in [-0.2, 0) is 11.2 Å². The number of nitrogens with two attached hydrogens (primary N) is 1. The van der Waals surface area contributed by atoms with E-state index in [1.807, 2.05) is 6.07 Å². The van der Waals surface area contributed by atoms with Gasteiger partial charge in [0.1, 0.15) is 0 Å². The molecule has 0 atom stereocenters. The summed E-state index contributed by atoms with van der Waals surface area (Å²) >= 11 is 0. The normalized spacial score (nSPS) is 10.4. The number of ketones is 1. The number of carbonyl (C=O) groups is 3. The average Bonchev–Trinajstić information content (AvgIpc) is 2.79. The molecular formula is C18H21N3O4. The van der Waals surface area contributed by atoms with Gasteiger partial charge in [-0.1, -0.05) is 30.3 Å². The smallest absolute Gasteiger partial charge is 0.340 e. The van der Waals surface area contributed by atoms with Gasteiger partial charge in [-0.25, -0.2) is 15.0 Å². The number of esters is 1. The van der Waals surface area contributed by atoms with Crippen LogP contribution in [0.25, 0.3) is 0 Å². The Morgan fingerprint density at radius 1 is 1.16 bits per heavy atom. The van der Waals surface area contributed by atoms with Crippen molar-refractivity contribution in [1.29, 1.82) is 0 Å². The Bertz CT molecular complexity index is 809. The summed E-state index contributed by atoms with van der Waals surface area (Å²) in [5.74, 6) is -0.639. The monoisotopic (exact) mass is 343 g/mol. The molecule has 25 heavy (non-hydrogen) atoms. The molecule has 0 aliphatic carbocycles. The van der Waals surface area contributed by atoms with E-state index >= 15 is 0 Å². The second-order valence-electron chi connectivity index (χ2n) is 5.53. The van der Waals surface area contributed by atoms with Gasteiger partial charge in [0.15, 0.2) is 5.78 Å². The largest absolute Gasteiger partial charge is 0.462 e. The molecule has 2 aromatic rings. The highest BCUT2D eigenvalue weighted by Crippen LogP contribution is 2.23. The number of rotatable bonds is 6. The first-order valence-corrected chi connectivity index (χ1v) is 7.89. The number of benzene rings is 1. The number of nitrogens with one attached hydrogen (secondary N) is 1. The van der Waals surface area contributed by atoms with Crippen LogP contribution in [0, 0.1) is 13.8 Å². The zero-order chi connectivity index (χ0) is 18.6. The van der Waals surface area contributed by atoms with Crippen LogP contribution in [0.15, 0.2) is 30.3 Å². The summed E-state index contributed by atoms with van der Waals surface area (Å²) in [6.45, 7) is 5.31. The highest BCUT2D eigenvalue weighted by molar-refractivity contribution is 5.99. The van der Waals surface area contributed by atoms with Crippen molar-refractivity contribution in [3.05, 3.63) is 58.4 Å². The van der Waals surface area contributed by atoms with Crippen molar-refractivity contribution < 1.29 is 19.1 Å². The molecule has 3 N–H and O–H groups in total. The van der Waals surface area contributed by atoms with E-state index in [4.69, 9.17) is 10.5 Å². The van der Waals surface area contributed by atoms with Gasteiger partial charge in [0.05, 0.1) is 30.0 Å². The van der Waals surface area contributed by atoms with E-state index in [2.05, 4.69) is 5.43 Å². The lowest BCUT2D eigenvalue weighted by Gasteiger charge is -2.11. The molecule has 1 aromatic carbocycles. The maximum absolute atomic E-state index is 12.5. The summed E-state index contributed by atoms with van der Waals surface area (Å²) in [6.07, 6.45) is 0.0103. The SMILES string of the molecule is CCOC(=O)c1c(C)c(CC(=O)c2ccccc2)n(NC(N)=O)c1C. The van der Waals surface area contributed by atoms with E-state index < -0.39 is 12.0 Å². The standard InChI is InChI=1S/C18H21N3O4/c1-4-25-17(23)16-11(2)14(21(12(16)3)20-18(19)24)10-15(22)13-8-6-5-7-9-13/h5-9H,4,10H2,1-3H3,(H3,19,20,24). The van der Waals surface area contributed by atoms with Gasteiger partial charge in [-0.3, -0.25) is 9.47 Å². The highest BCUT2D eigenvalue weighted by Gasteiger charge is 2.25. The van der Waals surface area contributed by atoms with Gasteiger partial charge in [0, 0.05) is 5.56 Å². The molecule has 7 heteroatoms. The molecule has 0 aliphatic rings. The lowest BCUT2D eigenvalue weighted by Crippen LogP contribution is -2.31. The Morgan fingerprint density at radius 2 is 1.80 bits per heavy atom. The van der Waals surface area contributed by atoms with Crippen LogP contribution in [-0.4, -0.2) is 29.1 Å². The van der Waals surface area contributed by atoms with Crippen LogP contribution in [0.5, 0.6) is 0 Å². The summed E-state index contributed by atoms with van der Waals surface area (Å²) in [5, 5.41) is 0. The summed E-state index contributed by atoms with van der Waals surface area (Å²) in [7, 11) is 0. The van der Waals surface area contributed by atoms with E-state index in [-0.39, 0.29) is 18.8 Å². The lowest BCUT2D eigenvalue weighted by molar-refractivity contribution is 0.0524. The van der Waals surface area contributed by atoms with E-state index in [0.29, 0.717) is 28.1 Å². The van der Waals surface area contributed by atoms with Gasteiger partial charge in [-0.2, -0.15) is 0 Å². The topological polar surface area (TPSA) is 103 Å². The van der Waals surface area contributed by atoms with Crippen LogP contribution in [0.3, 0.4) is 0 Å². The quantitative estimate of drug-likeness (QED) is 0.620.